The molecule has 0 bridgehead atoms. The molecule has 0 spiro atoms. The number of hydrogen-bond acceptors (Lipinski definition) is 7. The number of hydrogen-bond donors (Lipinski definition) is 4. The van der Waals surface area contributed by atoms with E-state index in [9.17, 15) is 9.90 Å². The summed E-state index contributed by atoms with van der Waals surface area (Å²) in [6, 6.07) is 11.9. The minimum Gasteiger partial charge on any atom is -0.493 e. The van der Waals surface area contributed by atoms with Crippen LogP contribution in [0.2, 0.25) is 0 Å². The van der Waals surface area contributed by atoms with Gasteiger partial charge in [0.2, 0.25) is 0 Å². The highest BCUT2D eigenvalue weighted by Crippen LogP contribution is 2.38. The summed E-state index contributed by atoms with van der Waals surface area (Å²) in [4.78, 5) is 16.7. The van der Waals surface area contributed by atoms with E-state index in [1.807, 2.05) is 24.3 Å². The van der Waals surface area contributed by atoms with Crippen molar-refractivity contribution >= 4 is 28.2 Å². The largest absolute Gasteiger partial charge is 0.493 e. The molecule has 1 amide bonds. The topological polar surface area (TPSA) is 119 Å². The molecule has 1 fully saturated rings. The smallest absolute Gasteiger partial charge is 0.252 e. The summed E-state index contributed by atoms with van der Waals surface area (Å²) in [7, 11) is 1.55. The van der Waals surface area contributed by atoms with E-state index in [4.69, 9.17) is 15.2 Å². The van der Waals surface area contributed by atoms with Crippen molar-refractivity contribution in [2.75, 3.05) is 25.6 Å². The van der Waals surface area contributed by atoms with E-state index in [0.29, 0.717) is 40.7 Å². The van der Waals surface area contributed by atoms with Gasteiger partial charge in [-0.15, -0.1) is 0 Å². The fourth-order valence-corrected chi connectivity index (χ4v) is 3.81. The Morgan fingerprint density at radius 2 is 2.03 bits per heavy atom. The SMILES string of the molecule is CCc1ccccc1Nc1c(C(N)=O)cnc2cc(OC)c(OC[C@](C)(O)CNC3CC3)cc12. The Kier molecular flexibility index (Phi) is 6.90. The van der Waals surface area contributed by atoms with Gasteiger partial charge in [-0.05, 0) is 43.9 Å². The molecule has 1 aromatic heterocycles. The number of nitrogens with one attached hydrogen (secondary N) is 2. The van der Waals surface area contributed by atoms with Crippen LogP contribution in [-0.4, -0.2) is 47.9 Å². The number of aliphatic hydroxyl groups is 1. The van der Waals surface area contributed by atoms with Crippen molar-refractivity contribution < 1.29 is 19.4 Å². The third kappa shape index (κ3) is 5.40. The summed E-state index contributed by atoms with van der Waals surface area (Å²) in [6.45, 7) is 4.30. The Morgan fingerprint density at radius 3 is 2.71 bits per heavy atom. The maximum absolute atomic E-state index is 12.3. The second-order valence-electron chi connectivity index (χ2n) is 9.01. The summed E-state index contributed by atoms with van der Waals surface area (Å²) in [5, 5.41) is 18.1. The zero-order valence-corrected chi connectivity index (χ0v) is 19.9. The number of carbonyl (C=O) groups excluding carboxylic acids is 1. The first-order valence-electron chi connectivity index (χ1n) is 11.6. The molecule has 8 nitrogen and oxygen atoms in total. The van der Waals surface area contributed by atoms with Crippen LogP contribution in [0.15, 0.2) is 42.6 Å². The van der Waals surface area contributed by atoms with Gasteiger partial charge in [0.15, 0.2) is 11.5 Å². The Balaban J connectivity index is 1.72. The van der Waals surface area contributed by atoms with E-state index in [-0.39, 0.29) is 12.2 Å². The van der Waals surface area contributed by atoms with Crippen LogP contribution < -0.4 is 25.8 Å². The molecule has 0 unspecified atom stereocenters. The van der Waals surface area contributed by atoms with E-state index in [1.54, 1.807) is 26.2 Å². The molecule has 1 atom stereocenters. The van der Waals surface area contributed by atoms with Gasteiger partial charge < -0.3 is 30.9 Å². The fourth-order valence-electron chi connectivity index (χ4n) is 3.81. The number of benzene rings is 2. The van der Waals surface area contributed by atoms with E-state index < -0.39 is 11.5 Å². The van der Waals surface area contributed by atoms with Crippen molar-refractivity contribution in [2.45, 2.75) is 44.8 Å². The summed E-state index contributed by atoms with van der Waals surface area (Å²) in [5.41, 5.74) is 8.06. The molecule has 34 heavy (non-hydrogen) atoms. The predicted octanol–water partition coefficient (Wildman–Crippen LogP) is 3.53. The molecular weight excluding hydrogens is 432 g/mol. The van der Waals surface area contributed by atoms with Crippen molar-refractivity contribution in [1.82, 2.24) is 10.3 Å². The quantitative estimate of drug-likeness (QED) is 0.343. The second kappa shape index (κ2) is 9.87. The van der Waals surface area contributed by atoms with Gasteiger partial charge in [-0.1, -0.05) is 25.1 Å². The van der Waals surface area contributed by atoms with Gasteiger partial charge >= 0.3 is 0 Å². The van der Waals surface area contributed by atoms with Crippen LogP contribution in [0.1, 0.15) is 42.6 Å². The summed E-state index contributed by atoms with van der Waals surface area (Å²) in [6.07, 6.45) is 4.57. The number of anilines is 2. The second-order valence-corrected chi connectivity index (χ2v) is 9.01. The molecule has 0 saturated heterocycles. The first-order chi connectivity index (χ1) is 16.3. The molecule has 1 saturated carbocycles. The molecule has 8 heteroatoms. The number of carbonyl (C=O) groups is 1. The first-order valence-corrected chi connectivity index (χ1v) is 11.6. The molecule has 180 valence electrons. The number of nitrogens with zero attached hydrogens (tertiary/aromatic N) is 1. The molecule has 4 rings (SSSR count). The number of ether oxygens (including phenoxy) is 2. The fraction of sp³-hybridized carbons (Fsp3) is 0.385. The molecule has 1 heterocycles. The maximum Gasteiger partial charge on any atom is 0.252 e. The van der Waals surface area contributed by atoms with Gasteiger partial charge in [0, 0.05) is 35.9 Å². The van der Waals surface area contributed by atoms with Gasteiger partial charge in [0.05, 0.1) is 23.9 Å². The lowest BCUT2D eigenvalue weighted by molar-refractivity contribution is 0.0113. The zero-order chi connectivity index (χ0) is 24.3. The minimum absolute atomic E-state index is 0.0684. The van der Waals surface area contributed by atoms with Crippen molar-refractivity contribution in [3.63, 3.8) is 0 Å². The average molecular weight is 465 g/mol. The molecule has 2 aromatic carbocycles. The van der Waals surface area contributed by atoms with Crippen LogP contribution >= 0.6 is 0 Å². The Hall–Kier alpha value is -3.36. The molecule has 0 radical (unpaired) electrons. The van der Waals surface area contributed by atoms with Gasteiger partial charge in [-0.3, -0.25) is 9.78 Å². The normalized spacial score (nSPS) is 15.1. The lowest BCUT2D eigenvalue weighted by atomic mass is 10.1. The lowest BCUT2D eigenvalue weighted by Gasteiger charge is -2.25. The zero-order valence-electron chi connectivity index (χ0n) is 19.9. The number of pyridine rings is 1. The Bertz CT molecular complexity index is 1190. The molecule has 1 aliphatic rings. The number of aryl methyl sites for hydroxylation is 1. The number of amides is 1. The molecule has 5 N–H and O–H groups in total. The van der Waals surface area contributed by atoms with Crippen LogP contribution in [-0.2, 0) is 6.42 Å². The van der Waals surface area contributed by atoms with Crippen molar-refractivity contribution in [1.29, 1.82) is 0 Å². The molecule has 0 aliphatic heterocycles. The van der Waals surface area contributed by atoms with Gasteiger partial charge in [-0.2, -0.15) is 0 Å². The van der Waals surface area contributed by atoms with Crippen molar-refractivity contribution in [3.05, 3.63) is 53.7 Å². The van der Waals surface area contributed by atoms with Crippen LogP contribution in [0.5, 0.6) is 11.5 Å². The summed E-state index contributed by atoms with van der Waals surface area (Å²) < 4.78 is 11.5. The van der Waals surface area contributed by atoms with Crippen LogP contribution in [0.25, 0.3) is 10.9 Å². The third-order valence-electron chi connectivity index (χ3n) is 5.96. The van der Waals surface area contributed by atoms with Gasteiger partial charge in [0.1, 0.15) is 12.2 Å². The number of nitrogens with two attached hydrogens (primary N) is 1. The Morgan fingerprint density at radius 1 is 1.26 bits per heavy atom. The highest BCUT2D eigenvalue weighted by atomic mass is 16.5. The van der Waals surface area contributed by atoms with Gasteiger partial charge in [-0.25, -0.2) is 0 Å². The molecular formula is C26H32N4O4. The predicted molar refractivity (Wildman–Crippen MR) is 133 cm³/mol. The number of para-hydroxylation sites is 1. The number of primary amides is 1. The molecule has 1 aliphatic carbocycles. The molecule has 3 aromatic rings. The number of fused-ring (bicyclic) bond motifs is 1. The van der Waals surface area contributed by atoms with Crippen LogP contribution in [0.3, 0.4) is 0 Å². The lowest BCUT2D eigenvalue weighted by Crippen LogP contribution is -2.43. The van der Waals surface area contributed by atoms with E-state index in [0.717, 1.165) is 30.5 Å². The highest BCUT2D eigenvalue weighted by molar-refractivity contribution is 6.08. The summed E-state index contributed by atoms with van der Waals surface area (Å²) in [5.74, 6) is 0.341. The minimum atomic E-state index is -1.06. The van der Waals surface area contributed by atoms with E-state index >= 15 is 0 Å². The maximum atomic E-state index is 12.3. The van der Waals surface area contributed by atoms with Crippen LogP contribution in [0.4, 0.5) is 11.4 Å². The van der Waals surface area contributed by atoms with Crippen molar-refractivity contribution in [3.8, 4) is 11.5 Å². The summed E-state index contributed by atoms with van der Waals surface area (Å²) >= 11 is 0. The number of methoxy groups -OCH3 is 1. The van der Waals surface area contributed by atoms with Crippen LogP contribution in [0, 0.1) is 0 Å². The van der Waals surface area contributed by atoms with Crippen molar-refractivity contribution in [2.24, 2.45) is 5.73 Å². The first kappa shape index (κ1) is 23.8. The average Bonchev–Trinajstić information content (AvgIpc) is 3.66. The number of aromatic nitrogens is 1. The monoisotopic (exact) mass is 464 g/mol. The van der Waals surface area contributed by atoms with E-state index in [2.05, 4.69) is 22.5 Å². The van der Waals surface area contributed by atoms with Gasteiger partial charge in [0.25, 0.3) is 5.91 Å². The third-order valence-corrected chi connectivity index (χ3v) is 5.96. The van der Waals surface area contributed by atoms with E-state index in [1.165, 1.54) is 6.20 Å². The standard InChI is InChI=1S/C26H32N4O4/c1-4-16-7-5-6-8-20(16)30-24-18-11-23(34-15-26(2,32)14-29-17-9-10-17)22(33-3)12-21(18)28-13-19(24)25(27)31/h5-8,11-13,17,29,32H,4,9-10,14-15H2,1-3H3,(H2,27,31)(H,28,30)/t26-/m1/s1. The number of rotatable bonds is 11. The highest BCUT2D eigenvalue weighted by Gasteiger charge is 2.28. The Labute approximate surface area is 199 Å².